The lowest BCUT2D eigenvalue weighted by Crippen LogP contribution is -2.54. The molecule has 4 nitrogen and oxygen atoms in total. The minimum atomic E-state index is -0.224. The fourth-order valence-corrected chi connectivity index (χ4v) is 11.3. The van der Waals surface area contributed by atoms with Crippen LogP contribution >= 0.6 is 0 Å². The van der Waals surface area contributed by atoms with Crippen molar-refractivity contribution in [1.29, 1.82) is 0 Å². The van der Waals surface area contributed by atoms with Crippen LogP contribution in [0.1, 0.15) is 70.6 Å². The van der Waals surface area contributed by atoms with Crippen LogP contribution in [-0.4, -0.2) is 24.6 Å². The first-order valence-corrected chi connectivity index (χ1v) is 12.9. The molecule has 0 radical (unpaired) electrons. The van der Waals surface area contributed by atoms with E-state index in [9.17, 15) is 9.59 Å². The van der Waals surface area contributed by atoms with Gasteiger partial charge in [0.1, 0.15) is 5.60 Å². The highest BCUT2D eigenvalue weighted by molar-refractivity contribution is 5.90. The van der Waals surface area contributed by atoms with Gasteiger partial charge in [0.05, 0.1) is 13.0 Å². The van der Waals surface area contributed by atoms with Gasteiger partial charge in [0.15, 0.2) is 0 Å². The number of rotatable bonds is 4. The SMILES string of the molecule is C=C(C(=O)OC)C12C3CCC(C3)C1C1CC2CC1C(=O)OC12CC3CC(CC(C3)C1)C2. The summed E-state index contributed by atoms with van der Waals surface area (Å²) in [4.78, 5) is 26.2. The smallest absolute Gasteiger partial charge is 0.333 e. The second kappa shape index (κ2) is 6.17. The number of hydrogen-bond acceptors (Lipinski definition) is 4. The summed E-state index contributed by atoms with van der Waals surface area (Å²) < 4.78 is 11.7. The molecule has 0 N–H and O–H groups in total. The first kappa shape index (κ1) is 19.2. The fourth-order valence-electron chi connectivity index (χ4n) is 11.3. The van der Waals surface area contributed by atoms with Gasteiger partial charge >= 0.3 is 11.9 Å². The standard InChI is InChI=1S/C27H36O4/c1-14(24(28)30-2)27-19-4-3-18(8-19)23(27)21-9-20(27)10-22(21)25(29)31-26-11-15-5-16(12-26)7-17(6-15)13-26/h15-23H,1,3-13H2,2H3. The minimum absolute atomic E-state index is 0.0425. The molecule has 7 atom stereocenters. The molecular formula is C27H36O4. The highest BCUT2D eigenvalue weighted by Crippen LogP contribution is 2.77. The molecule has 7 unspecified atom stereocenters. The van der Waals surface area contributed by atoms with Crippen molar-refractivity contribution in [1.82, 2.24) is 0 Å². The van der Waals surface area contributed by atoms with E-state index in [-0.39, 0.29) is 28.9 Å². The van der Waals surface area contributed by atoms with E-state index >= 15 is 0 Å². The van der Waals surface area contributed by atoms with Crippen molar-refractivity contribution >= 4 is 11.9 Å². The van der Waals surface area contributed by atoms with Gasteiger partial charge in [-0.3, -0.25) is 4.79 Å². The molecule has 8 aliphatic carbocycles. The Morgan fingerprint density at radius 2 is 1.55 bits per heavy atom. The number of carbonyl (C=O) groups excluding carboxylic acids is 2. The monoisotopic (exact) mass is 424 g/mol. The van der Waals surface area contributed by atoms with Crippen molar-refractivity contribution in [3.8, 4) is 0 Å². The van der Waals surface area contributed by atoms with Crippen LogP contribution in [0.3, 0.4) is 0 Å². The number of fused-ring (bicyclic) bond motifs is 9. The molecule has 8 saturated carbocycles. The largest absolute Gasteiger partial charge is 0.466 e. The van der Waals surface area contributed by atoms with Crippen molar-refractivity contribution in [3.05, 3.63) is 12.2 Å². The van der Waals surface area contributed by atoms with Crippen LogP contribution in [0.15, 0.2) is 12.2 Å². The predicted molar refractivity (Wildman–Crippen MR) is 115 cm³/mol. The van der Waals surface area contributed by atoms with Crippen molar-refractivity contribution < 1.29 is 19.1 Å². The van der Waals surface area contributed by atoms with E-state index in [0.29, 0.717) is 35.2 Å². The zero-order valence-corrected chi connectivity index (χ0v) is 18.8. The van der Waals surface area contributed by atoms with Crippen molar-refractivity contribution in [2.45, 2.75) is 76.2 Å². The maximum atomic E-state index is 13.6. The normalized spacial score (nSPS) is 54.8. The highest BCUT2D eigenvalue weighted by Gasteiger charge is 2.73. The first-order valence-electron chi connectivity index (χ1n) is 12.9. The Balaban J connectivity index is 1.15. The Labute approximate surface area is 185 Å². The molecule has 0 saturated heterocycles. The van der Waals surface area contributed by atoms with Crippen LogP contribution in [0, 0.1) is 58.7 Å². The van der Waals surface area contributed by atoms with Gasteiger partial charge < -0.3 is 9.47 Å². The molecule has 0 heterocycles. The molecule has 168 valence electrons. The van der Waals surface area contributed by atoms with Gasteiger partial charge in [-0.25, -0.2) is 4.79 Å². The summed E-state index contributed by atoms with van der Waals surface area (Å²) in [7, 11) is 1.48. The zero-order chi connectivity index (χ0) is 21.1. The second-order valence-corrected chi connectivity index (χ2v) is 12.7. The second-order valence-electron chi connectivity index (χ2n) is 12.7. The zero-order valence-electron chi connectivity index (χ0n) is 18.8. The summed E-state index contributed by atoms with van der Waals surface area (Å²) in [6.07, 6.45) is 13.1. The third-order valence-electron chi connectivity index (χ3n) is 11.5. The Kier molecular flexibility index (Phi) is 3.82. The fraction of sp³-hybridized carbons (Fsp3) is 0.852. The number of ether oxygens (including phenoxy) is 2. The summed E-state index contributed by atoms with van der Waals surface area (Å²) in [5.74, 6) is 4.72. The molecule has 8 fully saturated rings. The van der Waals surface area contributed by atoms with Gasteiger partial charge in [-0.15, -0.1) is 0 Å². The maximum Gasteiger partial charge on any atom is 0.333 e. The molecule has 0 aliphatic heterocycles. The van der Waals surface area contributed by atoms with E-state index in [1.807, 2.05) is 0 Å². The first-order chi connectivity index (χ1) is 14.9. The summed E-state index contributed by atoms with van der Waals surface area (Å²) >= 11 is 0. The van der Waals surface area contributed by atoms with Gasteiger partial charge in [-0.1, -0.05) is 6.58 Å². The van der Waals surface area contributed by atoms with Crippen LogP contribution in [0.2, 0.25) is 0 Å². The Morgan fingerprint density at radius 1 is 0.871 bits per heavy atom. The molecule has 0 amide bonds. The molecule has 0 aromatic rings. The third-order valence-corrected chi connectivity index (χ3v) is 11.5. The quantitative estimate of drug-likeness (QED) is 0.365. The number of methoxy groups -OCH3 is 1. The summed E-state index contributed by atoms with van der Waals surface area (Å²) in [6.45, 7) is 4.30. The highest BCUT2D eigenvalue weighted by atomic mass is 16.6. The Bertz CT molecular complexity index is 824. The van der Waals surface area contributed by atoms with Gasteiger partial charge in [-0.2, -0.15) is 0 Å². The lowest BCUT2D eigenvalue weighted by Gasteiger charge is -2.56. The van der Waals surface area contributed by atoms with E-state index in [1.54, 1.807) is 0 Å². The molecule has 0 aromatic carbocycles. The van der Waals surface area contributed by atoms with Gasteiger partial charge in [-0.05, 0) is 118 Å². The lowest BCUT2D eigenvalue weighted by molar-refractivity contribution is -0.194. The Morgan fingerprint density at radius 3 is 2.19 bits per heavy atom. The molecule has 8 bridgehead atoms. The van der Waals surface area contributed by atoms with Crippen molar-refractivity contribution in [2.24, 2.45) is 58.7 Å². The van der Waals surface area contributed by atoms with Crippen molar-refractivity contribution in [3.63, 3.8) is 0 Å². The summed E-state index contributed by atoms with van der Waals surface area (Å²) in [6, 6.07) is 0. The minimum Gasteiger partial charge on any atom is -0.466 e. The lowest BCUT2D eigenvalue weighted by atomic mass is 9.53. The summed E-state index contributed by atoms with van der Waals surface area (Å²) in [5.41, 5.74) is 0.473. The topological polar surface area (TPSA) is 52.6 Å². The van der Waals surface area contributed by atoms with E-state index < -0.39 is 0 Å². The molecule has 8 aliphatic rings. The molecular weight excluding hydrogens is 388 g/mol. The molecule has 8 rings (SSSR count). The van der Waals surface area contributed by atoms with Crippen molar-refractivity contribution in [2.75, 3.05) is 7.11 Å². The average molecular weight is 425 g/mol. The van der Waals surface area contributed by atoms with Crippen LogP contribution < -0.4 is 0 Å². The van der Waals surface area contributed by atoms with E-state index in [2.05, 4.69) is 6.58 Å². The molecule has 0 spiro atoms. The van der Waals surface area contributed by atoms with Crippen LogP contribution in [-0.2, 0) is 19.1 Å². The summed E-state index contributed by atoms with van der Waals surface area (Å²) in [5, 5.41) is 0. The molecule has 31 heavy (non-hydrogen) atoms. The van der Waals surface area contributed by atoms with Crippen LogP contribution in [0.5, 0.6) is 0 Å². The molecule has 0 aromatic heterocycles. The van der Waals surface area contributed by atoms with Gasteiger partial charge in [0.2, 0.25) is 0 Å². The number of carbonyl (C=O) groups is 2. The number of hydrogen-bond donors (Lipinski definition) is 0. The van der Waals surface area contributed by atoms with Crippen LogP contribution in [0.25, 0.3) is 0 Å². The van der Waals surface area contributed by atoms with E-state index in [4.69, 9.17) is 9.47 Å². The predicted octanol–water partition coefficient (Wildman–Crippen LogP) is 4.92. The van der Waals surface area contributed by atoms with Gasteiger partial charge in [0.25, 0.3) is 0 Å². The molecule has 4 heteroatoms. The van der Waals surface area contributed by atoms with E-state index in [1.165, 1.54) is 45.6 Å². The van der Waals surface area contributed by atoms with E-state index in [0.717, 1.165) is 49.9 Å². The van der Waals surface area contributed by atoms with Crippen LogP contribution in [0.4, 0.5) is 0 Å². The maximum absolute atomic E-state index is 13.6. The Hall–Kier alpha value is -1.32. The van der Waals surface area contributed by atoms with Gasteiger partial charge in [0, 0.05) is 11.0 Å². The number of esters is 2. The third kappa shape index (κ3) is 2.33. The average Bonchev–Trinajstić information content (AvgIpc) is 3.49.